The van der Waals surface area contributed by atoms with Crippen LogP contribution in [0.1, 0.15) is 5.56 Å². The predicted molar refractivity (Wildman–Crippen MR) is 58.8 cm³/mol. The first-order valence-electron chi connectivity index (χ1n) is 4.86. The first kappa shape index (κ1) is 8.88. The van der Waals surface area contributed by atoms with Gasteiger partial charge < -0.3 is 5.43 Å². The number of hydrogen-bond donors (Lipinski definition) is 1. The van der Waals surface area contributed by atoms with Crippen LogP contribution < -0.4 is 5.43 Å². The highest BCUT2D eigenvalue weighted by atomic mass is 15.4. The smallest absolute Gasteiger partial charge is 0.0354 e. The highest BCUT2D eigenvalue weighted by Gasteiger charge is 1.90. The van der Waals surface area contributed by atoms with Crippen LogP contribution in [0.5, 0.6) is 0 Å². The molecule has 0 radical (unpaired) electrons. The van der Waals surface area contributed by atoms with E-state index in [1.54, 1.807) is 0 Å². The number of aromatic nitrogens is 1. The minimum Gasteiger partial charge on any atom is -0.326 e. The average molecular weight is 186 g/mol. The third kappa shape index (κ3) is 2.39. The van der Waals surface area contributed by atoms with E-state index < -0.39 is 0 Å². The van der Waals surface area contributed by atoms with E-state index >= 15 is 0 Å². The standard InChI is InChI=1S/C12H14N2/c1-2-6-12(7-3-1)8-9-13-14-10-4-5-11-14/h1-7,10-11,13H,8-9H2. The van der Waals surface area contributed by atoms with Crippen molar-refractivity contribution in [3.05, 3.63) is 60.4 Å². The highest BCUT2D eigenvalue weighted by Crippen LogP contribution is 1.98. The Morgan fingerprint density at radius 1 is 0.929 bits per heavy atom. The fourth-order valence-corrected chi connectivity index (χ4v) is 1.41. The third-order valence-electron chi connectivity index (χ3n) is 2.16. The molecule has 0 saturated heterocycles. The summed E-state index contributed by atoms with van der Waals surface area (Å²) in [5.41, 5.74) is 4.66. The molecule has 1 aromatic heterocycles. The number of hydrogen-bond acceptors (Lipinski definition) is 1. The van der Waals surface area contributed by atoms with Gasteiger partial charge in [0.1, 0.15) is 0 Å². The molecular weight excluding hydrogens is 172 g/mol. The van der Waals surface area contributed by atoms with Crippen LogP contribution in [0.25, 0.3) is 0 Å². The molecule has 0 bridgehead atoms. The van der Waals surface area contributed by atoms with E-state index in [0.717, 1.165) is 13.0 Å². The van der Waals surface area contributed by atoms with Gasteiger partial charge in [0, 0.05) is 18.9 Å². The lowest BCUT2D eigenvalue weighted by Crippen LogP contribution is -2.15. The van der Waals surface area contributed by atoms with Crippen molar-refractivity contribution in [1.29, 1.82) is 0 Å². The van der Waals surface area contributed by atoms with Crippen LogP contribution in [0.15, 0.2) is 54.9 Å². The Kier molecular flexibility index (Phi) is 2.86. The van der Waals surface area contributed by atoms with Gasteiger partial charge in [-0.15, -0.1) is 0 Å². The monoisotopic (exact) mass is 186 g/mol. The van der Waals surface area contributed by atoms with Crippen LogP contribution in [0, 0.1) is 0 Å². The van der Waals surface area contributed by atoms with Gasteiger partial charge in [-0.2, -0.15) is 0 Å². The maximum Gasteiger partial charge on any atom is 0.0354 e. The van der Waals surface area contributed by atoms with E-state index in [9.17, 15) is 0 Å². The minimum atomic E-state index is 0.957. The second-order valence-corrected chi connectivity index (χ2v) is 3.23. The molecule has 0 aliphatic heterocycles. The molecule has 1 aromatic carbocycles. The molecule has 1 N–H and O–H groups in total. The summed E-state index contributed by atoms with van der Waals surface area (Å²) in [6.07, 6.45) is 5.06. The fraction of sp³-hybridized carbons (Fsp3) is 0.167. The maximum absolute atomic E-state index is 3.29. The number of rotatable bonds is 4. The van der Waals surface area contributed by atoms with E-state index in [4.69, 9.17) is 0 Å². The summed E-state index contributed by atoms with van der Waals surface area (Å²) in [7, 11) is 0. The molecule has 0 aliphatic carbocycles. The lowest BCUT2D eigenvalue weighted by molar-refractivity contribution is 0.827. The number of benzene rings is 1. The Labute approximate surface area is 84.2 Å². The zero-order valence-corrected chi connectivity index (χ0v) is 8.06. The second-order valence-electron chi connectivity index (χ2n) is 3.23. The number of nitrogens with one attached hydrogen (secondary N) is 1. The van der Waals surface area contributed by atoms with Gasteiger partial charge in [0.05, 0.1) is 0 Å². The summed E-state index contributed by atoms with van der Waals surface area (Å²) >= 11 is 0. The van der Waals surface area contributed by atoms with Crippen molar-refractivity contribution in [2.45, 2.75) is 6.42 Å². The predicted octanol–water partition coefficient (Wildman–Crippen LogP) is 2.27. The summed E-state index contributed by atoms with van der Waals surface area (Å²) in [6.45, 7) is 0.957. The molecule has 2 nitrogen and oxygen atoms in total. The van der Waals surface area contributed by atoms with Gasteiger partial charge in [-0.05, 0) is 24.1 Å². The third-order valence-corrected chi connectivity index (χ3v) is 2.16. The molecular formula is C12H14N2. The Hall–Kier alpha value is -1.70. The molecule has 0 unspecified atom stereocenters. The maximum atomic E-state index is 3.29. The summed E-state index contributed by atoms with van der Waals surface area (Å²) in [4.78, 5) is 0. The quantitative estimate of drug-likeness (QED) is 0.775. The van der Waals surface area contributed by atoms with Crippen molar-refractivity contribution in [2.75, 3.05) is 12.0 Å². The van der Waals surface area contributed by atoms with Gasteiger partial charge in [-0.25, -0.2) is 0 Å². The summed E-state index contributed by atoms with van der Waals surface area (Å²) in [6, 6.07) is 14.5. The van der Waals surface area contributed by atoms with E-state index in [1.807, 2.05) is 35.3 Å². The second kappa shape index (κ2) is 4.51. The van der Waals surface area contributed by atoms with Gasteiger partial charge in [0.15, 0.2) is 0 Å². The van der Waals surface area contributed by atoms with Crippen LogP contribution in [-0.4, -0.2) is 11.2 Å². The molecule has 0 amide bonds. The SMILES string of the molecule is c1ccc(CCNn2cccc2)cc1. The molecule has 1 heterocycles. The summed E-state index contributed by atoms with van der Waals surface area (Å²) < 4.78 is 1.98. The molecule has 2 aromatic rings. The van der Waals surface area contributed by atoms with E-state index in [2.05, 4.69) is 29.7 Å². The molecule has 0 fully saturated rings. The van der Waals surface area contributed by atoms with Gasteiger partial charge in [0.2, 0.25) is 0 Å². The van der Waals surface area contributed by atoms with E-state index in [-0.39, 0.29) is 0 Å². The van der Waals surface area contributed by atoms with Crippen molar-refractivity contribution >= 4 is 0 Å². The van der Waals surface area contributed by atoms with Crippen LogP contribution >= 0.6 is 0 Å². The number of nitrogens with zero attached hydrogens (tertiary/aromatic N) is 1. The lowest BCUT2D eigenvalue weighted by Gasteiger charge is -2.06. The molecule has 2 rings (SSSR count). The van der Waals surface area contributed by atoms with Crippen molar-refractivity contribution < 1.29 is 0 Å². The van der Waals surface area contributed by atoms with E-state index in [0.29, 0.717) is 0 Å². The molecule has 14 heavy (non-hydrogen) atoms. The fourth-order valence-electron chi connectivity index (χ4n) is 1.41. The molecule has 2 heteroatoms. The van der Waals surface area contributed by atoms with Gasteiger partial charge >= 0.3 is 0 Å². The Bertz CT molecular complexity index is 351. The Balaban J connectivity index is 1.79. The van der Waals surface area contributed by atoms with Gasteiger partial charge in [-0.3, -0.25) is 4.68 Å². The Morgan fingerprint density at radius 3 is 2.36 bits per heavy atom. The first-order valence-corrected chi connectivity index (χ1v) is 4.86. The molecule has 0 atom stereocenters. The Morgan fingerprint density at radius 2 is 1.64 bits per heavy atom. The topological polar surface area (TPSA) is 17.0 Å². The molecule has 0 spiro atoms. The normalized spacial score (nSPS) is 10.0. The van der Waals surface area contributed by atoms with Crippen molar-refractivity contribution in [1.82, 2.24) is 4.68 Å². The molecule has 0 aliphatic rings. The largest absolute Gasteiger partial charge is 0.326 e. The van der Waals surface area contributed by atoms with E-state index in [1.165, 1.54) is 5.56 Å². The lowest BCUT2D eigenvalue weighted by atomic mass is 10.2. The van der Waals surface area contributed by atoms with Crippen LogP contribution in [-0.2, 0) is 6.42 Å². The van der Waals surface area contributed by atoms with Crippen molar-refractivity contribution in [3.8, 4) is 0 Å². The van der Waals surface area contributed by atoms with Crippen LogP contribution in [0.2, 0.25) is 0 Å². The summed E-state index contributed by atoms with van der Waals surface area (Å²) in [5.74, 6) is 0. The molecule has 0 saturated carbocycles. The minimum absolute atomic E-state index is 0.957. The van der Waals surface area contributed by atoms with Crippen LogP contribution in [0.3, 0.4) is 0 Å². The first-order chi connectivity index (χ1) is 6.95. The summed E-state index contributed by atoms with van der Waals surface area (Å²) in [5, 5.41) is 0. The van der Waals surface area contributed by atoms with Crippen molar-refractivity contribution in [3.63, 3.8) is 0 Å². The average Bonchev–Trinajstić information content (AvgIpc) is 2.72. The highest BCUT2D eigenvalue weighted by molar-refractivity contribution is 5.15. The van der Waals surface area contributed by atoms with Crippen molar-refractivity contribution in [2.24, 2.45) is 0 Å². The van der Waals surface area contributed by atoms with Gasteiger partial charge in [-0.1, -0.05) is 30.3 Å². The molecule has 72 valence electrons. The van der Waals surface area contributed by atoms with Crippen LogP contribution in [0.4, 0.5) is 0 Å². The zero-order chi connectivity index (χ0) is 9.64. The zero-order valence-electron chi connectivity index (χ0n) is 8.06. The van der Waals surface area contributed by atoms with Gasteiger partial charge in [0.25, 0.3) is 0 Å².